The van der Waals surface area contributed by atoms with Crippen molar-refractivity contribution in [3.8, 4) is 55.6 Å². The molecule has 4 aliphatic rings. The zero-order valence-corrected chi connectivity index (χ0v) is 70.4. The number of anilines is 18. The quantitative estimate of drug-likeness (QED) is 0.0946. The lowest BCUT2D eigenvalue weighted by atomic mass is 9.30. The van der Waals surface area contributed by atoms with Crippen molar-refractivity contribution in [2.45, 2.75) is 52.4 Å². The number of fused-ring (bicyclic) bond motifs is 8. The van der Waals surface area contributed by atoms with Gasteiger partial charge < -0.3 is 29.4 Å². The maximum atomic E-state index is 2.74. The lowest BCUT2D eigenvalue weighted by Gasteiger charge is -2.48. The Kier molecular flexibility index (Phi) is 18.5. The molecule has 22 rings (SSSR count). The maximum Gasteiger partial charge on any atom is 0.252 e. The van der Waals surface area contributed by atoms with Crippen LogP contribution in [0.2, 0.25) is 0 Å². The fraction of sp³-hybridized carbons (Fsp3) is 0.0690. The van der Waals surface area contributed by atoms with E-state index in [-0.39, 0.29) is 24.3 Å². The topological polar surface area (TPSA) is 19.4 Å². The third-order valence-corrected chi connectivity index (χ3v) is 25.7. The Morgan fingerprint density at radius 1 is 0.202 bits per heavy atom. The van der Waals surface area contributed by atoms with E-state index in [1.54, 1.807) is 0 Å². The average molecular weight is 1590 g/mol. The summed E-state index contributed by atoms with van der Waals surface area (Å²) < 4.78 is 0. The number of benzene rings is 18. The first-order valence-electron chi connectivity index (χ1n) is 43.4. The maximum absolute atomic E-state index is 2.74. The van der Waals surface area contributed by atoms with E-state index in [0.29, 0.717) is 0 Å². The van der Waals surface area contributed by atoms with E-state index in [0.717, 1.165) is 158 Å². The molecule has 0 aromatic heterocycles. The van der Waals surface area contributed by atoms with Gasteiger partial charge in [0.2, 0.25) is 0 Å². The molecule has 8 heteroatoms. The zero-order valence-electron chi connectivity index (χ0n) is 70.4. The summed E-state index contributed by atoms with van der Waals surface area (Å²) in [6, 6.07) is 164. The Morgan fingerprint density at radius 2 is 0.516 bits per heavy atom. The summed E-state index contributed by atoms with van der Waals surface area (Å²) in [6.07, 6.45) is 0. The fourth-order valence-corrected chi connectivity index (χ4v) is 20.0. The Hall–Kier alpha value is -15.1. The van der Waals surface area contributed by atoms with Crippen molar-refractivity contribution in [1.82, 2.24) is 0 Å². The lowest BCUT2D eigenvalue weighted by molar-refractivity contribution is 0.590. The predicted octanol–water partition coefficient (Wildman–Crippen LogP) is 27.7. The summed E-state index contributed by atoms with van der Waals surface area (Å²) in [4.78, 5) is 15.6. The molecule has 18 aromatic carbocycles. The van der Waals surface area contributed by atoms with Crippen molar-refractivity contribution in [3.63, 3.8) is 0 Å². The van der Waals surface area contributed by atoms with E-state index in [4.69, 9.17) is 0 Å². The summed E-state index contributed by atoms with van der Waals surface area (Å²) in [5.41, 5.74) is 40.0. The van der Waals surface area contributed by atoms with E-state index in [1.165, 1.54) is 43.9 Å². The smallest absolute Gasteiger partial charge is 0.252 e. The summed E-state index contributed by atoms with van der Waals surface area (Å²) in [5.74, 6) is 0. The molecule has 0 unspecified atom stereocenters. The van der Waals surface area contributed by atoms with E-state index in [2.05, 4.69) is 508 Å². The monoisotopic (exact) mass is 1590 g/mol. The number of para-hydroxylation sites is 10. The first-order valence-corrected chi connectivity index (χ1v) is 43.4. The minimum atomic E-state index is -0.329. The Balaban J connectivity index is 0.923. The minimum absolute atomic E-state index is 0.0941. The minimum Gasteiger partial charge on any atom is -0.311 e. The first kappa shape index (κ1) is 75.1. The molecule has 0 radical (unpaired) electrons. The molecule has 0 spiro atoms. The zero-order chi connectivity index (χ0) is 83.3. The molecule has 0 aliphatic carbocycles. The SMILES string of the molecule is CC(C)(C)c1ccc(-c2cccc(-c3ccc(C(C)(C)C)cc3)c2N2c3cc4c(cc3B3c5ccccc5N(c5ccccc5)c5cc(N(c6ccccc6)c6ccccc6)cc2c53)B2c3ccccc3N(c3ccccc3-c3ccccc3)c3cc(N(c5ccccc5)c5ccccc5-c5ccccc5)cc(c32)N4c2ccccc2-c2ccccc2)cc1. The highest BCUT2D eigenvalue weighted by Crippen LogP contribution is 2.57. The van der Waals surface area contributed by atoms with E-state index in [1.807, 2.05) is 0 Å². The van der Waals surface area contributed by atoms with Crippen LogP contribution in [0.25, 0.3) is 55.6 Å². The molecule has 0 amide bonds. The Morgan fingerprint density at radius 3 is 0.968 bits per heavy atom. The van der Waals surface area contributed by atoms with E-state index in [9.17, 15) is 0 Å². The van der Waals surface area contributed by atoms with Crippen LogP contribution in [0.1, 0.15) is 52.7 Å². The van der Waals surface area contributed by atoms with Crippen LogP contribution in [0.4, 0.5) is 102 Å². The standard InChI is InChI=1S/C116H90B2N6/c1-115(2,3)84-69-65-82(66-70-84)95-56-38-57-96(83-67-71-85(72-68-83)116(4,5)6)114(95)124-107-78-106-99(77-100(107)117-97-58-31-36-63-104(97)121(89-51-26-13-27-52-89)108-73-90(74-111(124)112(108)117)119(86-45-20-10-21-46-86)87-47-22-11-23-48-87)118-98-59-32-37-64-105(98)122(102-61-34-29-54-93(102)80-41-16-8-17-42-80)109-75-91(76-110(113(109)118)123(106)103-62-35-30-55-94(103)81-43-18-9-19-44-81)120(88-49-24-12-25-50-88)101-60-33-28-53-92(101)79-39-14-7-15-40-79/h7-78H,1-6H3. The molecule has 590 valence electrons. The molecule has 18 aromatic rings. The molecule has 0 N–H and O–H groups in total. The van der Waals surface area contributed by atoms with Crippen LogP contribution < -0.4 is 62.2 Å². The summed E-state index contributed by atoms with van der Waals surface area (Å²) in [6.45, 7) is 13.3. The van der Waals surface area contributed by atoms with Crippen molar-refractivity contribution in [2.75, 3.05) is 29.4 Å². The highest BCUT2D eigenvalue weighted by molar-refractivity contribution is 7.03. The van der Waals surface area contributed by atoms with Crippen LogP contribution in [0.3, 0.4) is 0 Å². The van der Waals surface area contributed by atoms with Crippen LogP contribution in [0.5, 0.6) is 0 Å². The highest BCUT2D eigenvalue weighted by atomic mass is 15.2. The first-order chi connectivity index (χ1) is 60.9. The number of nitrogens with zero attached hydrogens (tertiary/aromatic N) is 6. The number of hydrogen-bond donors (Lipinski definition) is 0. The van der Waals surface area contributed by atoms with Gasteiger partial charge in [0.15, 0.2) is 0 Å². The average Bonchev–Trinajstić information content (AvgIpc) is 0.675. The van der Waals surface area contributed by atoms with Gasteiger partial charge in [-0.1, -0.05) is 369 Å². The lowest BCUT2D eigenvalue weighted by Crippen LogP contribution is -2.65. The Bertz CT molecular complexity index is 6960. The van der Waals surface area contributed by atoms with Crippen LogP contribution in [-0.2, 0) is 10.8 Å². The van der Waals surface area contributed by atoms with Crippen LogP contribution in [0.15, 0.2) is 437 Å². The van der Waals surface area contributed by atoms with Crippen molar-refractivity contribution < 1.29 is 0 Å². The van der Waals surface area contributed by atoms with Gasteiger partial charge in [0.05, 0.1) is 34.1 Å². The molecule has 0 saturated heterocycles. The van der Waals surface area contributed by atoms with Crippen molar-refractivity contribution >= 4 is 149 Å². The Labute approximate surface area is 729 Å². The summed E-state index contributed by atoms with van der Waals surface area (Å²) in [5, 5.41) is 0. The number of rotatable bonds is 15. The van der Waals surface area contributed by atoms with Gasteiger partial charge in [-0.05, 0) is 192 Å². The van der Waals surface area contributed by atoms with E-state index >= 15 is 0 Å². The molecule has 0 atom stereocenters. The van der Waals surface area contributed by atoms with Gasteiger partial charge in [0.1, 0.15) is 0 Å². The van der Waals surface area contributed by atoms with Crippen molar-refractivity contribution in [3.05, 3.63) is 448 Å². The molecule has 6 nitrogen and oxygen atoms in total. The molecule has 4 aliphatic heterocycles. The number of hydrogen-bond acceptors (Lipinski definition) is 6. The highest BCUT2D eigenvalue weighted by Gasteiger charge is 2.50. The largest absolute Gasteiger partial charge is 0.311 e. The van der Waals surface area contributed by atoms with Crippen LogP contribution in [-0.4, -0.2) is 13.4 Å². The van der Waals surface area contributed by atoms with Crippen molar-refractivity contribution in [1.29, 1.82) is 0 Å². The summed E-state index contributed by atoms with van der Waals surface area (Å²) >= 11 is 0. The van der Waals surface area contributed by atoms with Crippen LogP contribution in [0, 0.1) is 0 Å². The molecular formula is C116H90B2N6. The fourth-order valence-electron chi connectivity index (χ4n) is 20.0. The third-order valence-electron chi connectivity index (χ3n) is 25.7. The molecule has 124 heavy (non-hydrogen) atoms. The second-order valence-corrected chi connectivity index (χ2v) is 35.1. The third kappa shape index (κ3) is 12.8. The normalized spacial score (nSPS) is 12.8. The molecular weight excluding hydrogens is 1500 g/mol. The van der Waals surface area contributed by atoms with Gasteiger partial charge in [-0.3, -0.25) is 0 Å². The van der Waals surface area contributed by atoms with Crippen LogP contribution >= 0.6 is 0 Å². The van der Waals surface area contributed by atoms with Gasteiger partial charge in [-0.15, -0.1) is 0 Å². The van der Waals surface area contributed by atoms with Crippen molar-refractivity contribution in [2.24, 2.45) is 0 Å². The second-order valence-electron chi connectivity index (χ2n) is 35.1. The van der Waals surface area contributed by atoms with Gasteiger partial charge >= 0.3 is 0 Å². The van der Waals surface area contributed by atoms with Gasteiger partial charge in [-0.2, -0.15) is 0 Å². The van der Waals surface area contributed by atoms with Gasteiger partial charge in [0, 0.05) is 96.1 Å². The van der Waals surface area contributed by atoms with Gasteiger partial charge in [-0.25, -0.2) is 0 Å². The summed E-state index contributed by atoms with van der Waals surface area (Å²) in [7, 11) is 0. The molecule has 0 bridgehead atoms. The molecule has 0 saturated carbocycles. The molecule has 4 heterocycles. The van der Waals surface area contributed by atoms with Gasteiger partial charge in [0.25, 0.3) is 13.4 Å². The van der Waals surface area contributed by atoms with E-state index < -0.39 is 0 Å². The predicted molar refractivity (Wildman–Crippen MR) is 528 cm³/mol. The molecule has 0 fully saturated rings. The second kappa shape index (κ2) is 30.5.